The summed E-state index contributed by atoms with van der Waals surface area (Å²) in [6.45, 7) is 5.52. The van der Waals surface area contributed by atoms with E-state index in [-0.39, 0.29) is 5.57 Å². The maximum Gasteiger partial charge on any atom is 0.335 e. The molecule has 126 valence electrons. The monoisotopic (exact) mass is 327 g/mol. The number of rotatable bonds is 2. The lowest BCUT2D eigenvalue weighted by molar-refractivity contribution is -0.122. The van der Waals surface area contributed by atoms with Gasteiger partial charge in [-0.3, -0.25) is 14.9 Å². The average Bonchev–Trinajstić information content (AvgIpc) is 2.55. The van der Waals surface area contributed by atoms with Crippen LogP contribution in [0.15, 0.2) is 30.0 Å². The number of hydrogen-bond donors (Lipinski definition) is 1. The third kappa shape index (κ3) is 3.04. The largest absolute Gasteiger partial charge is 0.377 e. The first-order chi connectivity index (χ1) is 11.5. The van der Waals surface area contributed by atoms with E-state index < -0.39 is 17.8 Å². The third-order valence-electron chi connectivity index (χ3n) is 4.55. The Kier molecular flexibility index (Phi) is 4.38. The summed E-state index contributed by atoms with van der Waals surface area (Å²) in [5.74, 6) is -1.20. The maximum absolute atomic E-state index is 12.8. The van der Waals surface area contributed by atoms with E-state index in [1.807, 2.05) is 24.8 Å². The van der Waals surface area contributed by atoms with E-state index in [0.29, 0.717) is 5.69 Å². The van der Waals surface area contributed by atoms with Gasteiger partial charge in [0.2, 0.25) is 0 Å². The number of carbonyl (C=O) groups excluding carboxylic acids is 3. The van der Waals surface area contributed by atoms with Gasteiger partial charge in [0.15, 0.2) is 0 Å². The minimum Gasteiger partial charge on any atom is -0.377 e. The molecule has 0 bridgehead atoms. The molecule has 4 amide bonds. The zero-order valence-electron chi connectivity index (χ0n) is 14.0. The van der Waals surface area contributed by atoms with Crippen molar-refractivity contribution >= 4 is 23.5 Å². The van der Waals surface area contributed by atoms with Gasteiger partial charge in [-0.2, -0.15) is 0 Å². The summed E-state index contributed by atoms with van der Waals surface area (Å²) in [6, 6.07) is 4.65. The van der Waals surface area contributed by atoms with Crippen molar-refractivity contribution in [2.24, 2.45) is 0 Å². The Morgan fingerprint density at radius 1 is 1.00 bits per heavy atom. The fourth-order valence-corrected chi connectivity index (χ4v) is 2.97. The number of imide groups is 2. The van der Waals surface area contributed by atoms with E-state index in [4.69, 9.17) is 0 Å². The van der Waals surface area contributed by atoms with E-state index in [2.05, 4.69) is 5.32 Å². The van der Waals surface area contributed by atoms with Crippen molar-refractivity contribution in [2.45, 2.75) is 33.1 Å². The molecule has 0 radical (unpaired) electrons. The number of hydrogen-bond acceptors (Lipinski definition) is 4. The number of benzene rings is 1. The standard InChI is InChI=1S/C18H21N3O3/c1-12-6-7-14(10-13(12)2)21-17(23)15(16(22)19-18(21)24)11-20-8-4-3-5-9-20/h6-7,10-11H,3-5,8-9H2,1-2H3,(H,19,22,24)/b15-11+. The molecule has 2 aliphatic rings. The first-order valence-corrected chi connectivity index (χ1v) is 8.20. The van der Waals surface area contributed by atoms with Gasteiger partial charge in [0.1, 0.15) is 5.57 Å². The molecule has 0 unspecified atom stereocenters. The highest BCUT2D eigenvalue weighted by Gasteiger charge is 2.37. The van der Waals surface area contributed by atoms with Gasteiger partial charge in [-0.1, -0.05) is 6.07 Å². The maximum atomic E-state index is 12.8. The molecule has 2 heterocycles. The summed E-state index contributed by atoms with van der Waals surface area (Å²) in [4.78, 5) is 40.1. The molecule has 24 heavy (non-hydrogen) atoms. The smallest absolute Gasteiger partial charge is 0.335 e. The number of likely N-dealkylation sites (tertiary alicyclic amines) is 1. The summed E-state index contributed by atoms with van der Waals surface area (Å²) < 4.78 is 0. The predicted molar refractivity (Wildman–Crippen MR) is 90.4 cm³/mol. The lowest BCUT2D eigenvalue weighted by Gasteiger charge is -2.30. The number of carbonyl (C=O) groups is 3. The number of nitrogens with one attached hydrogen (secondary N) is 1. The van der Waals surface area contributed by atoms with Gasteiger partial charge < -0.3 is 4.90 Å². The highest BCUT2D eigenvalue weighted by atomic mass is 16.2. The third-order valence-corrected chi connectivity index (χ3v) is 4.55. The zero-order valence-corrected chi connectivity index (χ0v) is 14.0. The highest BCUT2D eigenvalue weighted by Crippen LogP contribution is 2.23. The fraction of sp³-hybridized carbons (Fsp3) is 0.389. The molecule has 2 saturated heterocycles. The fourth-order valence-electron chi connectivity index (χ4n) is 2.97. The normalized spacial score (nSPS) is 20.6. The van der Waals surface area contributed by atoms with E-state index >= 15 is 0 Å². The molecule has 3 rings (SSSR count). The van der Waals surface area contributed by atoms with Crippen molar-refractivity contribution in [3.8, 4) is 0 Å². The summed E-state index contributed by atoms with van der Waals surface area (Å²) in [7, 11) is 0. The molecule has 1 aromatic rings. The van der Waals surface area contributed by atoms with Crippen LogP contribution in [0.1, 0.15) is 30.4 Å². The summed E-state index contributed by atoms with van der Waals surface area (Å²) in [6.07, 6.45) is 4.84. The van der Waals surface area contributed by atoms with Crippen molar-refractivity contribution in [3.63, 3.8) is 0 Å². The van der Waals surface area contributed by atoms with Crippen LogP contribution >= 0.6 is 0 Å². The first kappa shape index (κ1) is 16.2. The number of amides is 4. The van der Waals surface area contributed by atoms with Crippen molar-refractivity contribution in [1.29, 1.82) is 0 Å². The minimum atomic E-state index is -0.705. The molecule has 0 atom stereocenters. The molecule has 2 aliphatic heterocycles. The van der Waals surface area contributed by atoms with Gasteiger partial charge in [0.05, 0.1) is 5.69 Å². The second kappa shape index (κ2) is 6.47. The molecule has 0 aliphatic carbocycles. The van der Waals surface area contributed by atoms with Gasteiger partial charge in [0.25, 0.3) is 11.8 Å². The quantitative estimate of drug-likeness (QED) is 0.668. The molecule has 0 saturated carbocycles. The average molecular weight is 327 g/mol. The number of barbiturate groups is 1. The molecule has 1 N–H and O–H groups in total. The van der Waals surface area contributed by atoms with Crippen molar-refractivity contribution in [3.05, 3.63) is 41.1 Å². The van der Waals surface area contributed by atoms with Crippen molar-refractivity contribution < 1.29 is 14.4 Å². The van der Waals surface area contributed by atoms with Gasteiger partial charge in [0, 0.05) is 19.3 Å². The Morgan fingerprint density at radius 3 is 2.38 bits per heavy atom. The van der Waals surface area contributed by atoms with Gasteiger partial charge in [-0.05, 0) is 56.4 Å². The Bertz CT molecular complexity index is 733. The second-order valence-corrected chi connectivity index (χ2v) is 6.31. The molecular weight excluding hydrogens is 306 g/mol. The van der Waals surface area contributed by atoms with E-state index in [0.717, 1.165) is 48.4 Å². The van der Waals surface area contributed by atoms with Crippen LogP contribution in [0.4, 0.5) is 10.5 Å². The number of nitrogens with zero attached hydrogens (tertiary/aromatic N) is 2. The molecule has 0 spiro atoms. The Hall–Kier alpha value is -2.63. The number of urea groups is 1. The number of piperidine rings is 1. The Labute approximate surface area is 141 Å². The molecule has 2 fully saturated rings. The van der Waals surface area contributed by atoms with Crippen LogP contribution in [-0.2, 0) is 9.59 Å². The van der Waals surface area contributed by atoms with Crippen LogP contribution in [0, 0.1) is 13.8 Å². The lowest BCUT2D eigenvalue weighted by Crippen LogP contribution is -2.55. The van der Waals surface area contributed by atoms with Gasteiger partial charge in [-0.25, -0.2) is 9.69 Å². The predicted octanol–water partition coefficient (Wildman–Crippen LogP) is 2.26. The Balaban J connectivity index is 1.93. The van der Waals surface area contributed by atoms with Crippen LogP contribution in [0.5, 0.6) is 0 Å². The van der Waals surface area contributed by atoms with Crippen LogP contribution < -0.4 is 10.2 Å². The zero-order chi connectivity index (χ0) is 17.3. The summed E-state index contributed by atoms with van der Waals surface area (Å²) in [5, 5.41) is 2.26. The van der Waals surface area contributed by atoms with E-state index in [1.165, 1.54) is 0 Å². The number of anilines is 1. The minimum absolute atomic E-state index is 0.00901. The first-order valence-electron chi connectivity index (χ1n) is 8.20. The second-order valence-electron chi connectivity index (χ2n) is 6.31. The van der Waals surface area contributed by atoms with Crippen molar-refractivity contribution in [2.75, 3.05) is 18.0 Å². The molecule has 6 nitrogen and oxygen atoms in total. The SMILES string of the molecule is Cc1ccc(N2C(=O)NC(=O)/C(=C\N3CCCCC3)C2=O)cc1C. The van der Waals surface area contributed by atoms with Gasteiger partial charge in [-0.15, -0.1) is 0 Å². The van der Waals surface area contributed by atoms with E-state index in [9.17, 15) is 14.4 Å². The highest BCUT2D eigenvalue weighted by molar-refractivity contribution is 6.37. The summed E-state index contributed by atoms with van der Waals surface area (Å²) in [5.41, 5.74) is 2.53. The van der Waals surface area contributed by atoms with Crippen LogP contribution in [0.2, 0.25) is 0 Å². The summed E-state index contributed by atoms with van der Waals surface area (Å²) >= 11 is 0. The Morgan fingerprint density at radius 2 is 1.71 bits per heavy atom. The molecule has 1 aromatic carbocycles. The van der Waals surface area contributed by atoms with Crippen LogP contribution in [0.3, 0.4) is 0 Å². The van der Waals surface area contributed by atoms with Gasteiger partial charge >= 0.3 is 6.03 Å². The lowest BCUT2D eigenvalue weighted by atomic mass is 10.1. The topological polar surface area (TPSA) is 69.7 Å². The van der Waals surface area contributed by atoms with E-state index in [1.54, 1.807) is 18.3 Å². The number of aryl methyl sites for hydroxylation is 2. The molecular formula is C18H21N3O3. The van der Waals surface area contributed by atoms with Crippen molar-refractivity contribution in [1.82, 2.24) is 10.2 Å². The van der Waals surface area contributed by atoms with Crippen LogP contribution in [0.25, 0.3) is 0 Å². The van der Waals surface area contributed by atoms with Crippen LogP contribution in [-0.4, -0.2) is 35.8 Å². The molecule has 6 heteroatoms. The molecule has 0 aromatic heterocycles.